The fraction of sp³-hybridized carbons (Fsp3) is 0.321. The molecule has 3 aromatic heterocycles. The fourth-order valence-electron chi connectivity index (χ4n) is 4.99. The summed E-state index contributed by atoms with van der Waals surface area (Å²) in [4.78, 5) is 21.5. The quantitative estimate of drug-likeness (QED) is 0.435. The number of nitrogens with one attached hydrogen (secondary N) is 2. The molecule has 0 aliphatic carbocycles. The van der Waals surface area contributed by atoms with Gasteiger partial charge in [0, 0.05) is 61.0 Å². The molecule has 2 atom stereocenters. The molecule has 0 unspecified atom stereocenters. The second-order valence-electron chi connectivity index (χ2n) is 9.56. The molecule has 1 aromatic carbocycles. The Labute approximate surface area is 200 Å². The van der Waals surface area contributed by atoms with Crippen molar-refractivity contribution in [1.29, 1.82) is 0 Å². The maximum atomic E-state index is 13.3. The number of carbonyl (C=O) groups excluding carboxylic acids is 1. The third-order valence-electron chi connectivity index (χ3n) is 6.56. The van der Waals surface area contributed by atoms with Gasteiger partial charge in [-0.1, -0.05) is 26.0 Å². The van der Waals surface area contributed by atoms with Crippen LogP contribution in [0.4, 0.5) is 0 Å². The van der Waals surface area contributed by atoms with E-state index in [0.29, 0.717) is 18.9 Å². The number of aromatic nitrogens is 3. The van der Waals surface area contributed by atoms with Crippen LogP contribution in [0.5, 0.6) is 0 Å². The largest absolute Gasteiger partial charge is 0.351 e. The maximum absolute atomic E-state index is 13.3. The third-order valence-corrected chi connectivity index (χ3v) is 6.56. The Hall–Kier alpha value is -3.51. The summed E-state index contributed by atoms with van der Waals surface area (Å²) in [7, 11) is 0. The smallest absolute Gasteiger partial charge is 0.237 e. The molecule has 2 N–H and O–H groups in total. The van der Waals surface area contributed by atoms with E-state index in [2.05, 4.69) is 75.5 Å². The summed E-state index contributed by atoms with van der Waals surface area (Å²) < 4.78 is 2.31. The van der Waals surface area contributed by atoms with Crippen LogP contribution in [0.15, 0.2) is 73.4 Å². The molecule has 0 saturated carbocycles. The van der Waals surface area contributed by atoms with Gasteiger partial charge in [0.25, 0.3) is 0 Å². The normalized spacial score (nSPS) is 17.6. The lowest BCUT2D eigenvalue weighted by atomic mass is 9.94. The van der Waals surface area contributed by atoms with Crippen LogP contribution in [-0.4, -0.2) is 26.5 Å². The van der Waals surface area contributed by atoms with E-state index in [1.807, 2.05) is 24.5 Å². The number of pyridine rings is 2. The Kier molecular flexibility index (Phi) is 6.41. The summed E-state index contributed by atoms with van der Waals surface area (Å²) in [5, 5.41) is 8.13. The minimum atomic E-state index is -0.294. The van der Waals surface area contributed by atoms with Gasteiger partial charge in [0.05, 0.1) is 6.04 Å². The van der Waals surface area contributed by atoms with E-state index < -0.39 is 0 Å². The molecule has 0 saturated heterocycles. The molecule has 6 heteroatoms. The van der Waals surface area contributed by atoms with Gasteiger partial charge in [-0.05, 0) is 71.3 Å². The summed E-state index contributed by atoms with van der Waals surface area (Å²) in [5.74, 6) is 0.544. The first kappa shape index (κ1) is 22.3. The van der Waals surface area contributed by atoms with Crippen molar-refractivity contribution in [3.63, 3.8) is 0 Å². The molecule has 34 heavy (non-hydrogen) atoms. The average molecular weight is 454 g/mol. The summed E-state index contributed by atoms with van der Waals surface area (Å²) in [6.07, 6.45) is 11.0. The molecule has 1 amide bonds. The molecule has 0 bridgehead atoms. The van der Waals surface area contributed by atoms with Crippen molar-refractivity contribution >= 4 is 16.8 Å². The SMILES string of the molecule is CC(C)C[C@@H]1N[C@H](C(=O)NCc2ccncc2)Cc2cn(Cc3ccncc3)c3cccc1c23. The van der Waals surface area contributed by atoms with Gasteiger partial charge in [0.2, 0.25) is 5.91 Å². The van der Waals surface area contributed by atoms with Crippen molar-refractivity contribution in [2.75, 3.05) is 0 Å². The predicted molar refractivity (Wildman–Crippen MR) is 134 cm³/mol. The van der Waals surface area contributed by atoms with Gasteiger partial charge in [-0.2, -0.15) is 0 Å². The molecule has 0 fully saturated rings. The first-order valence-corrected chi connectivity index (χ1v) is 12.0. The average Bonchev–Trinajstić information content (AvgIpc) is 3.11. The molecule has 4 heterocycles. The van der Waals surface area contributed by atoms with Gasteiger partial charge in [0.15, 0.2) is 0 Å². The highest BCUT2D eigenvalue weighted by molar-refractivity contribution is 5.90. The van der Waals surface area contributed by atoms with Crippen molar-refractivity contribution in [3.8, 4) is 0 Å². The van der Waals surface area contributed by atoms with Crippen molar-refractivity contribution in [3.05, 3.63) is 95.7 Å². The minimum absolute atomic E-state index is 0.0356. The highest BCUT2D eigenvalue weighted by Gasteiger charge is 2.30. The van der Waals surface area contributed by atoms with Crippen LogP contribution in [0.2, 0.25) is 0 Å². The van der Waals surface area contributed by atoms with E-state index in [4.69, 9.17) is 0 Å². The molecule has 174 valence electrons. The zero-order valence-corrected chi connectivity index (χ0v) is 19.7. The van der Waals surface area contributed by atoms with Crippen LogP contribution in [0, 0.1) is 5.92 Å². The molecule has 1 aliphatic heterocycles. The van der Waals surface area contributed by atoms with Gasteiger partial charge in [0.1, 0.15) is 0 Å². The van der Waals surface area contributed by atoms with E-state index in [1.54, 1.807) is 12.4 Å². The van der Waals surface area contributed by atoms with E-state index in [1.165, 1.54) is 27.6 Å². The number of carbonyl (C=O) groups is 1. The number of rotatable bonds is 7. The van der Waals surface area contributed by atoms with Crippen molar-refractivity contribution in [2.24, 2.45) is 5.92 Å². The van der Waals surface area contributed by atoms with Crippen LogP contribution in [-0.2, 0) is 24.3 Å². The standard InChI is InChI=1S/C28H31N5O/c1-19(2)14-24-23-4-3-5-26-27(23)22(18-33(26)17-21-8-12-30-13-9-21)15-25(32-24)28(34)31-16-20-6-10-29-11-7-20/h3-13,18-19,24-25,32H,14-17H2,1-2H3,(H,31,34)/t24-,25-/m0/s1. The molecular weight excluding hydrogens is 422 g/mol. The van der Waals surface area contributed by atoms with Gasteiger partial charge < -0.3 is 9.88 Å². The number of hydrogen-bond acceptors (Lipinski definition) is 4. The molecule has 0 spiro atoms. The zero-order chi connectivity index (χ0) is 23.5. The zero-order valence-electron chi connectivity index (χ0n) is 19.7. The fourth-order valence-corrected chi connectivity index (χ4v) is 4.99. The Balaban J connectivity index is 1.48. The second-order valence-corrected chi connectivity index (χ2v) is 9.56. The second kappa shape index (κ2) is 9.77. The summed E-state index contributed by atoms with van der Waals surface area (Å²) in [5.41, 5.74) is 5.99. The van der Waals surface area contributed by atoms with Gasteiger partial charge in [-0.15, -0.1) is 0 Å². The number of hydrogen-bond donors (Lipinski definition) is 2. The monoisotopic (exact) mass is 453 g/mol. The van der Waals surface area contributed by atoms with Crippen molar-refractivity contribution in [2.45, 2.75) is 51.9 Å². The van der Waals surface area contributed by atoms with Crippen LogP contribution in [0.1, 0.15) is 48.6 Å². The van der Waals surface area contributed by atoms with E-state index in [-0.39, 0.29) is 18.0 Å². The van der Waals surface area contributed by atoms with Gasteiger partial charge in [-0.3, -0.25) is 20.1 Å². The van der Waals surface area contributed by atoms with E-state index in [9.17, 15) is 4.79 Å². The summed E-state index contributed by atoms with van der Waals surface area (Å²) >= 11 is 0. The number of amides is 1. The minimum Gasteiger partial charge on any atom is -0.351 e. The molecule has 4 aromatic rings. The summed E-state index contributed by atoms with van der Waals surface area (Å²) in [6.45, 7) is 5.75. The molecule has 0 radical (unpaired) electrons. The Morgan fingerprint density at radius 3 is 2.47 bits per heavy atom. The Bertz CT molecular complexity index is 1270. The lowest BCUT2D eigenvalue weighted by Gasteiger charge is -2.25. The van der Waals surface area contributed by atoms with Crippen molar-refractivity contribution in [1.82, 2.24) is 25.2 Å². The summed E-state index contributed by atoms with van der Waals surface area (Å²) in [6, 6.07) is 14.4. The number of nitrogens with zero attached hydrogens (tertiary/aromatic N) is 3. The Morgan fingerprint density at radius 2 is 1.76 bits per heavy atom. The molecular formula is C28H31N5O. The van der Waals surface area contributed by atoms with Gasteiger partial charge >= 0.3 is 0 Å². The maximum Gasteiger partial charge on any atom is 0.237 e. The molecule has 6 nitrogen and oxygen atoms in total. The topological polar surface area (TPSA) is 71.8 Å². The van der Waals surface area contributed by atoms with E-state index >= 15 is 0 Å². The van der Waals surface area contributed by atoms with Crippen LogP contribution < -0.4 is 10.6 Å². The van der Waals surface area contributed by atoms with Gasteiger partial charge in [-0.25, -0.2) is 0 Å². The Morgan fingerprint density at radius 1 is 1.06 bits per heavy atom. The van der Waals surface area contributed by atoms with Crippen LogP contribution in [0.3, 0.4) is 0 Å². The molecule has 1 aliphatic rings. The van der Waals surface area contributed by atoms with Crippen LogP contribution in [0.25, 0.3) is 10.9 Å². The number of benzene rings is 1. The predicted octanol–water partition coefficient (Wildman–Crippen LogP) is 4.40. The highest BCUT2D eigenvalue weighted by Crippen LogP contribution is 2.36. The van der Waals surface area contributed by atoms with E-state index in [0.717, 1.165) is 18.5 Å². The highest BCUT2D eigenvalue weighted by atomic mass is 16.2. The van der Waals surface area contributed by atoms with Crippen LogP contribution >= 0.6 is 0 Å². The lowest BCUT2D eigenvalue weighted by molar-refractivity contribution is -0.123. The first-order chi connectivity index (χ1) is 16.6. The lowest BCUT2D eigenvalue weighted by Crippen LogP contribution is -2.46. The third kappa shape index (κ3) is 4.73. The molecule has 5 rings (SSSR count). The first-order valence-electron chi connectivity index (χ1n) is 12.0. The van der Waals surface area contributed by atoms with Crippen molar-refractivity contribution < 1.29 is 4.79 Å².